The lowest BCUT2D eigenvalue weighted by molar-refractivity contribution is -0.112. The fourth-order valence-corrected chi connectivity index (χ4v) is 2.76. The van der Waals surface area contributed by atoms with Crippen molar-refractivity contribution in [2.75, 3.05) is 24.4 Å². The molecule has 1 aliphatic rings. The van der Waals surface area contributed by atoms with Crippen molar-refractivity contribution < 1.29 is 9.47 Å². The monoisotopic (exact) mass is 362 g/mol. The van der Waals surface area contributed by atoms with Crippen molar-refractivity contribution in [1.29, 1.82) is 0 Å². The van der Waals surface area contributed by atoms with Crippen LogP contribution in [0.1, 0.15) is 39.0 Å². The highest BCUT2D eigenvalue weighted by Crippen LogP contribution is 2.27. The Hall–Kier alpha value is -0.0100. The molecular formula is C16H24BrClO2. The highest BCUT2D eigenvalue weighted by Gasteiger charge is 2.12. The van der Waals surface area contributed by atoms with E-state index in [-0.39, 0.29) is 6.29 Å². The molecule has 0 aromatic carbocycles. The van der Waals surface area contributed by atoms with Crippen molar-refractivity contribution in [3.05, 3.63) is 11.6 Å². The Morgan fingerprint density at radius 2 is 2.30 bits per heavy atom. The molecule has 0 saturated carbocycles. The number of rotatable bonds is 8. The molecule has 0 aliphatic heterocycles. The number of halogens is 2. The summed E-state index contributed by atoms with van der Waals surface area (Å²) in [7, 11) is 0. The molecule has 20 heavy (non-hydrogen) atoms. The zero-order valence-corrected chi connectivity index (χ0v) is 14.5. The molecule has 0 aromatic rings. The lowest BCUT2D eigenvalue weighted by Crippen LogP contribution is -2.20. The highest BCUT2D eigenvalue weighted by molar-refractivity contribution is 9.09. The summed E-state index contributed by atoms with van der Waals surface area (Å²) in [5, 5.41) is 0.637. The minimum Gasteiger partial charge on any atom is -0.350 e. The van der Waals surface area contributed by atoms with Crippen LogP contribution in [-0.2, 0) is 9.47 Å². The summed E-state index contributed by atoms with van der Waals surface area (Å²) in [5.74, 6) is 7.46. The third-order valence-corrected chi connectivity index (χ3v) is 4.14. The second-order valence-electron chi connectivity index (χ2n) is 4.92. The second-order valence-corrected chi connectivity index (χ2v) is 5.95. The van der Waals surface area contributed by atoms with Gasteiger partial charge in [0.15, 0.2) is 6.29 Å². The zero-order valence-electron chi connectivity index (χ0n) is 12.2. The lowest BCUT2D eigenvalue weighted by Gasteiger charge is -2.20. The van der Waals surface area contributed by atoms with E-state index in [0.717, 1.165) is 12.3 Å². The maximum atomic E-state index is 5.56. The minimum atomic E-state index is -0.258. The topological polar surface area (TPSA) is 18.5 Å². The number of hydrogen-bond donors (Lipinski definition) is 0. The van der Waals surface area contributed by atoms with Gasteiger partial charge >= 0.3 is 0 Å². The first kappa shape index (κ1) is 18.0. The Kier molecular flexibility index (Phi) is 10.5. The van der Waals surface area contributed by atoms with Crippen molar-refractivity contribution in [3.8, 4) is 11.8 Å². The summed E-state index contributed by atoms with van der Waals surface area (Å²) >= 11 is 8.90. The number of ether oxygens (including phenoxy) is 2. The molecule has 2 atom stereocenters. The van der Waals surface area contributed by atoms with E-state index >= 15 is 0 Å². The van der Waals surface area contributed by atoms with E-state index in [9.17, 15) is 0 Å². The van der Waals surface area contributed by atoms with E-state index in [1.807, 2.05) is 0 Å². The van der Waals surface area contributed by atoms with Crippen molar-refractivity contribution in [2.24, 2.45) is 5.92 Å². The third kappa shape index (κ3) is 7.69. The van der Waals surface area contributed by atoms with E-state index in [0.29, 0.717) is 24.4 Å². The van der Waals surface area contributed by atoms with E-state index in [2.05, 4.69) is 40.8 Å². The van der Waals surface area contributed by atoms with Gasteiger partial charge in [-0.05, 0) is 38.5 Å². The summed E-state index contributed by atoms with van der Waals surface area (Å²) in [6.07, 6.45) is 8.12. The predicted molar refractivity (Wildman–Crippen MR) is 88.3 cm³/mol. The van der Waals surface area contributed by atoms with Crippen molar-refractivity contribution >= 4 is 27.5 Å². The SMILES string of the molecule is CC1=CCCCC1CCC#CCOC(CBr)OCCCl. The maximum absolute atomic E-state index is 5.56. The first-order valence-electron chi connectivity index (χ1n) is 7.25. The molecule has 114 valence electrons. The molecule has 0 heterocycles. The van der Waals surface area contributed by atoms with E-state index in [1.54, 1.807) is 5.57 Å². The fourth-order valence-electron chi connectivity index (χ4n) is 2.29. The largest absolute Gasteiger partial charge is 0.350 e. The van der Waals surface area contributed by atoms with Crippen molar-refractivity contribution in [3.63, 3.8) is 0 Å². The quantitative estimate of drug-likeness (QED) is 0.273. The molecule has 0 amide bonds. The molecule has 2 unspecified atom stereocenters. The Morgan fingerprint density at radius 1 is 1.45 bits per heavy atom. The van der Waals surface area contributed by atoms with Gasteiger partial charge in [-0.15, -0.1) is 17.5 Å². The molecule has 0 fully saturated rings. The Balaban J connectivity index is 2.13. The van der Waals surface area contributed by atoms with Gasteiger partial charge < -0.3 is 9.47 Å². The summed E-state index contributed by atoms with van der Waals surface area (Å²) in [6.45, 7) is 3.16. The van der Waals surface area contributed by atoms with Crippen LogP contribution in [0.15, 0.2) is 11.6 Å². The first-order chi connectivity index (χ1) is 9.77. The molecule has 1 aliphatic carbocycles. The van der Waals surface area contributed by atoms with Crippen LogP contribution >= 0.6 is 27.5 Å². The maximum Gasteiger partial charge on any atom is 0.168 e. The van der Waals surface area contributed by atoms with Crippen molar-refractivity contribution in [2.45, 2.75) is 45.3 Å². The van der Waals surface area contributed by atoms with Crippen LogP contribution < -0.4 is 0 Å². The van der Waals surface area contributed by atoms with Crippen LogP contribution in [0.25, 0.3) is 0 Å². The van der Waals surface area contributed by atoms with Crippen LogP contribution in [0.4, 0.5) is 0 Å². The zero-order chi connectivity index (χ0) is 14.6. The minimum absolute atomic E-state index is 0.258. The van der Waals surface area contributed by atoms with Gasteiger partial charge in [0.25, 0.3) is 0 Å². The summed E-state index contributed by atoms with van der Waals surface area (Å²) < 4.78 is 10.9. The molecule has 0 spiro atoms. The van der Waals surface area contributed by atoms with Crippen LogP contribution in [0, 0.1) is 17.8 Å². The second kappa shape index (κ2) is 11.6. The Morgan fingerprint density at radius 3 is 3.00 bits per heavy atom. The molecule has 0 bridgehead atoms. The predicted octanol–water partition coefficient (Wildman–Crippen LogP) is 4.51. The van der Waals surface area contributed by atoms with Crippen LogP contribution in [-0.4, -0.2) is 30.7 Å². The van der Waals surface area contributed by atoms with Gasteiger partial charge in [0.05, 0.1) is 11.9 Å². The smallest absolute Gasteiger partial charge is 0.168 e. The van der Waals surface area contributed by atoms with Crippen molar-refractivity contribution in [1.82, 2.24) is 0 Å². The number of alkyl halides is 2. The van der Waals surface area contributed by atoms with Gasteiger partial charge in [-0.1, -0.05) is 33.5 Å². The van der Waals surface area contributed by atoms with Crippen LogP contribution in [0.2, 0.25) is 0 Å². The molecule has 0 aromatic heterocycles. The molecule has 4 heteroatoms. The van der Waals surface area contributed by atoms with Gasteiger partial charge in [-0.3, -0.25) is 0 Å². The van der Waals surface area contributed by atoms with Gasteiger partial charge in [0.2, 0.25) is 0 Å². The van der Waals surface area contributed by atoms with Crippen LogP contribution in [0.5, 0.6) is 0 Å². The molecular weight excluding hydrogens is 340 g/mol. The van der Waals surface area contributed by atoms with E-state index in [4.69, 9.17) is 21.1 Å². The molecule has 0 saturated heterocycles. The first-order valence-corrected chi connectivity index (χ1v) is 8.91. The Bertz CT molecular complexity index is 346. The average molecular weight is 364 g/mol. The Labute approximate surface area is 136 Å². The summed E-state index contributed by atoms with van der Waals surface area (Å²) in [6, 6.07) is 0. The summed E-state index contributed by atoms with van der Waals surface area (Å²) in [5.41, 5.74) is 1.54. The van der Waals surface area contributed by atoms with Gasteiger partial charge in [-0.25, -0.2) is 0 Å². The number of hydrogen-bond acceptors (Lipinski definition) is 2. The normalized spacial score (nSPS) is 19.9. The standard InChI is InChI=1S/C16H24BrClO2/c1-14-7-4-5-9-15(14)8-3-2-6-11-19-16(13-17)20-12-10-18/h7,15-16H,3-5,8-13H2,1H3. The lowest BCUT2D eigenvalue weighted by atomic mass is 9.85. The molecule has 0 radical (unpaired) electrons. The van der Waals surface area contributed by atoms with Gasteiger partial charge in [0, 0.05) is 12.3 Å². The fraction of sp³-hybridized carbons (Fsp3) is 0.750. The average Bonchev–Trinajstić information content (AvgIpc) is 2.47. The highest BCUT2D eigenvalue weighted by atomic mass is 79.9. The number of allylic oxidation sites excluding steroid dienone is 2. The third-order valence-electron chi connectivity index (χ3n) is 3.46. The van der Waals surface area contributed by atoms with Gasteiger partial charge in [-0.2, -0.15) is 0 Å². The summed E-state index contributed by atoms with van der Waals surface area (Å²) in [4.78, 5) is 0. The molecule has 0 N–H and O–H groups in total. The molecule has 1 rings (SSSR count). The van der Waals surface area contributed by atoms with Gasteiger partial charge in [0.1, 0.15) is 6.61 Å². The molecule has 2 nitrogen and oxygen atoms in total. The van der Waals surface area contributed by atoms with E-state index < -0.39 is 0 Å². The van der Waals surface area contributed by atoms with Crippen LogP contribution in [0.3, 0.4) is 0 Å². The van der Waals surface area contributed by atoms with E-state index in [1.165, 1.54) is 25.7 Å².